The highest BCUT2D eigenvalue weighted by molar-refractivity contribution is 5.94. The van der Waals surface area contributed by atoms with Crippen LogP contribution in [0.3, 0.4) is 0 Å². The Labute approximate surface area is 100 Å². The molecule has 1 fully saturated rings. The van der Waals surface area contributed by atoms with Crippen molar-refractivity contribution in [2.75, 3.05) is 12.0 Å². The lowest BCUT2D eigenvalue weighted by molar-refractivity contribution is -0.117. The van der Waals surface area contributed by atoms with Crippen molar-refractivity contribution in [3.05, 3.63) is 23.8 Å². The number of hydrogen-bond donors (Lipinski definition) is 0. The van der Waals surface area contributed by atoms with Gasteiger partial charge in [-0.05, 0) is 25.1 Å². The average Bonchev–Trinajstić information content (AvgIpc) is 3.09. The fraction of sp³-hybridized carbons (Fsp3) is 0.462. The van der Waals surface area contributed by atoms with Crippen molar-refractivity contribution in [3.63, 3.8) is 0 Å². The van der Waals surface area contributed by atoms with Gasteiger partial charge in [0, 0.05) is 12.5 Å². The zero-order valence-electron chi connectivity index (χ0n) is 10.1. The van der Waals surface area contributed by atoms with Gasteiger partial charge in [-0.15, -0.1) is 0 Å². The lowest BCUT2D eigenvalue weighted by Crippen LogP contribution is -2.43. The van der Waals surface area contributed by atoms with Crippen molar-refractivity contribution in [1.29, 1.82) is 0 Å². The van der Waals surface area contributed by atoms with E-state index in [2.05, 4.69) is 0 Å². The van der Waals surface area contributed by atoms with Gasteiger partial charge < -0.3 is 14.4 Å². The third-order valence-corrected chi connectivity index (χ3v) is 3.55. The standard InChI is InChI=1S/C13H15NO3/c1-7-12-13(17-12)10-6-9(16-3)4-5-11(10)14(7)8(2)15/h4-7,12-13H,1-3H3. The predicted octanol–water partition coefficient (Wildman–Crippen LogP) is 1.89. The maximum atomic E-state index is 11.7. The number of anilines is 1. The molecule has 4 nitrogen and oxygen atoms in total. The van der Waals surface area contributed by atoms with Crippen molar-refractivity contribution in [1.82, 2.24) is 0 Å². The minimum Gasteiger partial charge on any atom is -0.497 e. The Bertz CT molecular complexity index is 486. The Kier molecular flexibility index (Phi) is 2.16. The molecule has 0 saturated carbocycles. The van der Waals surface area contributed by atoms with Crippen LogP contribution >= 0.6 is 0 Å². The maximum Gasteiger partial charge on any atom is 0.224 e. The third kappa shape index (κ3) is 1.44. The average molecular weight is 233 g/mol. The summed E-state index contributed by atoms with van der Waals surface area (Å²) in [7, 11) is 1.64. The summed E-state index contributed by atoms with van der Waals surface area (Å²) in [4.78, 5) is 13.5. The van der Waals surface area contributed by atoms with Crippen molar-refractivity contribution in [2.45, 2.75) is 32.1 Å². The van der Waals surface area contributed by atoms with E-state index < -0.39 is 0 Å². The van der Waals surface area contributed by atoms with E-state index in [0.717, 1.165) is 17.0 Å². The van der Waals surface area contributed by atoms with Gasteiger partial charge >= 0.3 is 0 Å². The number of amides is 1. The number of fused-ring (bicyclic) bond motifs is 3. The zero-order valence-corrected chi connectivity index (χ0v) is 10.1. The van der Waals surface area contributed by atoms with Crippen LogP contribution in [-0.2, 0) is 9.53 Å². The van der Waals surface area contributed by atoms with Crippen LogP contribution in [0.5, 0.6) is 5.75 Å². The Balaban J connectivity index is 2.11. The van der Waals surface area contributed by atoms with E-state index in [4.69, 9.17) is 9.47 Å². The lowest BCUT2D eigenvalue weighted by Gasteiger charge is -2.32. The molecule has 0 radical (unpaired) electrons. The minimum absolute atomic E-state index is 0.0536. The molecule has 2 aliphatic rings. The highest BCUT2D eigenvalue weighted by Crippen LogP contribution is 2.51. The van der Waals surface area contributed by atoms with E-state index in [-0.39, 0.29) is 24.2 Å². The molecule has 2 heterocycles. The summed E-state index contributed by atoms with van der Waals surface area (Å²) in [5.41, 5.74) is 2.01. The molecule has 1 saturated heterocycles. The van der Waals surface area contributed by atoms with E-state index in [1.807, 2.05) is 30.0 Å². The predicted molar refractivity (Wildman–Crippen MR) is 63.2 cm³/mol. The second-order valence-corrected chi connectivity index (χ2v) is 4.58. The van der Waals surface area contributed by atoms with Gasteiger partial charge in [0.2, 0.25) is 5.91 Å². The Hall–Kier alpha value is -1.55. The molecule has 90 valence electrons. The number of carbonyl (C=O) groups is 1. The molecule has 1 amide bonds. The van der Waals surface area contributed by atoms with Crippen LogP contribution in [0.15, 0.2) is 18.2 Å². The summed E-state index contributed by atoms with van der Waals surface area (Å²) in [5, 5.41) is 0. The Morgan fingerprint density at radius 1 is 1.47 bits per heavy atom. The summed E-state index contributed by atoms with van der Waals surface area (Å²) in [6.45, 7) is 3.62. The zero-order chi connectivity index (χ0) is 12.2. The molecular formula is C13H15NO3. The number of carbonyl (C=O) groups excluding carboxylic acids is 1. The summed E-state index contributed by atoms with van der Waals surface area (Å²) >= 11 is 0. The Morgan fingerprint density at radius 3 is 2.88 bits per heavy atom. The van der Waals surface area contributed by atoms with Gasteiger partial charge in [0.05, 0.1) is 18.8 Å². The van der Waals surface area contributed by atoms with Gasteiger partial charge in [0.1, 0.15) is 18.0 Å². The lowest BCUT2D eigenvalue weighted by atomic mass is 9.96. The number of ether oxygens (including phenoxy) is 2. The molecule has 0 spiro atoms. The third-order valence-electron chi connectivity index (χ3n) is 3.55. The van der Waals surface area contributed by atoms with Gasteiger partial charge in [-0.3, -0.25) is 4.79 Å². The molecule has 2 aliphatic heterocycles. The number of epoxide rings is 1. The number of benzene rings is 1. The molecule has 0 bridgehead atoms. The van der Waals surface area contributed by atoms with E-state index in [9.17, 15) is 4.79 Å². The first-order chi connectivity index (χ1) is 8.13. The first-order valence-corrected chi connectivity index (χ1v) is 5.76. The molecule has 3 unspecified atom stereocenters. The van der Waals surface area contributed by atoms with E-state index >= 15 is 0 Å². The van der Waals surface area contributed by atoms with E-state index in [1.165, 1.54) is 0 Å². The molecule has 3 rings (SSSR count). The van der Waals surface area contributed by atoms with Crippen molar-refractivity contribution >= 4 is 11.6 Å². The van der Waals surface area contributed by atoms with Gasteiger partial charge in [0.25, 0.3) is 0 Å². The summed E-state index contributed by atoms with van der Waals surface area (Å²) in [6, 6.07) is 5.88. The van der Waals surface area contributed by atoms with E-state index in [1.54, 1.807) is 14.0 Å². The maximum absolute atomic E-state index is 11.7. The first kappa shape index (κ1) is 10.6. The van der Waals surface area contributed by atoms with Gasteiger partial charge in [-0.2, -0.15) is 0 Å². The molecular weight excluding hydrogens is 218 g/mol. The second-order valence-electron chi connectivity index (χ2n) is 4.58. The van der Waals surface area contributed by atoms with Gasteiger partial charge in [-0.25, -0.2) is 0 Å². The van der Waals surface area contributed by atoms with Crippen LogP contribution in [0.1, 0.15) is 25.5 Å². The molecule has 3 atom stereocenters. The van der Waals surface area contributed by atoms with Crippen LogP contribution in [-0.4, -0.2) is 25.2 Å². The normalized spacial score (nSPS) is 29.4. The van der Waals surface area contributed by atoms with E-state index in [0.29, 0.717) is 0 Å². The fourth-order valence-electron chi connectivity index (χ4n) is 2.67. The summed E-state index contributed by atoms with van der Waals surface area (Å²) in [6.07, 6.45) is 0.268. The smallest absolute Gasteiger partial charge is 0.224 e. The Morgan fingerprint density at radius 2 is 2.24 bits per heavy atom. The highest BCUT2D eigenvalue weighted by atomic mass is 16.6. The molecule has 1 aromatic carbocycles. The van der Waals surface area contributed by atoms with Crippen LogP contribution in [0.4, 0.5) is 5.69 Å². The highest BCUT2D eigenvalue weighted by Gasteiger charge is 2.52. The monoisotopic (exact) mass is 233 g/mol. The van der Waals surface area contributed by atoms with Gasteiger partial charge in [-0.1, -0.05) is 0 Å². The summed E-state index contributed by atoms with van der Waals surface area (Å²) in [5.74, 6) is 0.855. The molecule has 0 aromatic heterocycles. The van der Waals surface area contributed by atoms with Crippen LogP contribution in [0, 0.1) is 0 Å². The van der Waals surface area contributed by atoms with Crippen molar-refractivity contribution in [2.24, 2.45) is 0 Å². The quantitative estimate of drug-likeness (QED) is 0.696. The van der Waals surface area contributed by atoms with Crippen LogP contribution in [0.2, 0.25) is 0 Å². The SMILES string of the molecule is COc1ccc2c(c1)C1OC1C(C)N2C(C)=O. The number of methoxy groups -OCH3 is 1. The molecule has 17 heavy (non-hydrogen) atoms. The van der Waals surface area contributed by atoms with Crippen molar-refractivity contribution in [3.8, 4) is 5.75 Å². The summed E-state index contributed by atoms with van der Waals surface area (Å²) < 4.78 is 10.9. The number of hydrogen-bond acceptors (Lipinski definition) is 3. The molecule has 0 aliphatic carbocycles. The molecule has 1 aromatic rings. The fourth-order valence-corrected chi connectivity index (χ4v) is 2.67. The van der Waals surface area contributed by atoms with Gasteiger partial charge in [0.15, 0.2) is 0 Å². The second kappa shape index (κ2) is 3.47. The van der Waals surface area contributed by atoms with Crippen molar-refractivity contribution < 1.29 is 14.3 Å². The van der Waals surface area contributed by atoms with Crippen LogP contribution in [0.25, 0.3) is 0 Å². The number of nitrogens with zero attached hydrogens (tertiary/aromatic N) is 1. The number of rotatable bonds is 1. The topological polar surface area (TPSA) is 42.1 Å². The van der Waals surface area contributed by atoms with Crippen LogP contribution < -0.4 is 9.64 Å². The first-order valence-electron chi connectivity index (χ1n) is 5.76. The largest absolute Gasteiger partial charge is 0.497 e. The molecule has 4 heteroatoms. The molecule has 0 N–H and O–H groups in total. The minimum atomic E-state index is 0.0536.